The number of carbonyl (C=O) groups is 2. The molecule has 1 amide bonds. The van der Waals surface area contributed by atoms with Crippen LogP contribution in [-0.2, 0) is 33.7 Å². The Morgan fingerprint density at radius 2 is 1.57 bits per heavy atom. The minimum atomic E-state index is -1.52. The summed E-state index contributed by atoms with van der Waals surface area (Å²) in [5.74, 6) is -0.199. The molecule has 0 radical (unpaired) electrons. The number of rotatable bonds is 19. The van der Waals surface area contributed by atoms with Crippen LogP contribution >= 0.6 is 23.2 Å². The average Bonchev–Trinajstić information content (AvgIpc) is 3.87. The van der Waals surface area contributed by atoms with E-state index in [0.717, 1.165) is 47.9 Å². The number of nitrogens with zero attached hydrogens (tertiary/aromatic N) is 1. The fraction of sp³-hybridized carbons (Fsp3) is 0.459. The van der Waals surface area contributed by atoms with Gasteiger partial charge in [-0.2, -0.15) is 0 Å². The van der Waals surface area contributed by atoms with Gasteiger partial charge in [0, 0.05) is 32.8 Å². The van der Waals surface area contributed by atoms with Crippen LogP contribution in [0.15, 0.2) is 54.6 Å². The monoisotopic (exact) mass is 722 g/mol. The van der Waals surface area contributed by atoms with E-state index in [1.165, 1.54) is 13.8 Å². The Morgan fingerprint density at radius 3 is 2.16 bits per heavy atom. The van der Waals surface area contributed by atoms with Gasteiger partial charge in [-0.25, -0.2) is 0 Å². The summed E-state index contributed by atoms with van der Waals surface area (Å²) in [5, 5.41) is 12.6. The maximum atomic E-state index is 13.9. The minimum Gasteiger partial charge on any atom is -0.546 e. The van der Waals surface area contributed by atoms with E-state index in [9.17, 15) is 14.7 Å². The van der Waals surface area contributed by atoms with Crippen LogP contribution in [-0.4, -0.2) is 61.9 Å². The number of carboxylic acids is 1. The standard InChI is InChI=1S/C37H46Cl2N2O7.Na/c1-24-16-32(38)34(33(39)17-24)47-15-14-46-30-11-7-25(8-12-30)19-28(22-40)35(42)41(29-9-10-29)23-27-18-26(6-5-13-45-4)20-31(21-27)48-37(2,3)36(43)44;/h7-8,11-12,16-18,20-21,28-29H,5-6,9-10,13-15,19,22-23,40H2,1-4H3,(H,43,44);/q;+1/p-1. The van der Waals surface area contributed by atoms with Gasteiger partial charge in [-0.15, -0.1) is 0 Å². The van der Waals surface area contributed by atoms with Crippen LogP contribution < -0.4 is 54.6 Å². The van der Waals surface area contributed by atoms with Gasteiger partial charge in [-0.05, 0) is 112 Å². The average molecular weight is 724 g/mol. The van der Waals surface area contributed by atoms with Gasteiger partial charge in [-0.3, -0.25) is 4.79 Å². The van der Waals surface area contributed by atoms with Gasteiger partial charge in [0.05, 0.1) is 21.9 Å². The van der Waals surface area contributed by atoms with Gasteiger partial charge < -0.3 is 39.5 Å². The number of aliphatic carboxylic acids is 1. The third-order valence-corrected chi connectivity index (χ3v) is 8.67. The van der Waals surface area contributed by atoms with Gasteiger partial charge in [-0.1, -0.05) is 41.4 Å². The van der Waals surface area contributed by atoms with Gasteiger partial charge in [0.15, 0.2) is 5.75 Å². The largest absolute Gasteiger partial charge is 1.00 e. The van der Waals surface area contributed by atoms with Crippen molar-refractivity contribution in [1.29, 1.82) is 0 Å². The van der Waals surface area contributed by atoms with Crippen LogP contribution in [0.25, 0.3) is 0 Å². The molecule has 12 heteroatoms. The van der Waals surface area contributed by atoms with Gasteiger partial charge in [0.25, 0.3) is 0 Å². The zero-order valence-corrected chi connectivity index (χ0v) is 32.6. The fourth-order valence-corrected chi connectivity index (χ4v) is 6.10. The summed E-state index contributed by atoms with van der Waals surface area (Å²) >= 11 is 12.5. The molecule has 0 heterocycles. The van der Waals surface area contributed by atoms with Gasteiger partial charge in [0.2, 0.25) is 5.91 Å². The van der Waals surface area contributed by atoms with Crippen molar-refractivity contribution in [1.82, 2.24) is 4.90 Å². The Labute approximate surface area is 321 Å². The molecule has 0 aliphatic heterocycles. The third-order valence-electron chi connectivity index (χ3n) is 8.11. The molecule has 1 aliphatic rings. The van der Waals surface area contributed by atoms with E-state index < -0.39 is 17.5 Å². The van der Waals surface area contributed by atoms with Crippen molar-refractivity contribution in [3.8, 4) is 17.2 Å². The number of benzene rings is 3. The molecule has 0 bridgehead atoms. The second kappa shape index (κ2) is 19.2. The number of methoxy groups -OCH3 is 1. The van der Waals surface area contributed by atoms with E-state index in [4.69, 9.17) is 47.9 Å². The van der Waals surface area contributed by atoms with E-state index in [0.29, 0.717) is 53.5 Å². The third kappa shape index (κ3) is 12.3. The van der Waals surface area contributed by atoms with Crippen molar-refractivity contribution < 1.29 is 63.2 Å². The first-order chi connectivity index (χ1) is 22.9. The smallest absolute Gasteiger partial charge is 0.546 e. The summed E-state index contributed by atoms with van der Waals surface area (Å²) in [6.45, 7) is 6.55. The molecule has 0 aromatic heterocycles. The molecular formula is C37H45Cl2N2NaO7. The van der Waals surface area contributed by atoms with Crippen LogP contribution in [0.2, 0.25) is 10.0 Å². The Kier molecular flexibility index (Phi) is 16.0. The normalized spacial score (nSPS) is 13.3. The predicted octanol–water partition coefficient (Wildman–Crippen LogP) is 2.56. The Bertz CT molecular complexity index is 1530. The molecule has 9 nitrogen and oxygen atoms in total. The van der Waals surface area contributed by atoms with Crippen molar-refractivity contribution in [2.24, 2.45) is 11.7 Å². The molecule has 49 heavy (non-hydrogen) atoms. The first-order valence-corrected chi connectivity index (χ1v) is 17.0. The van der Waals surface area contributed by atoms with E-state index >= 15 is 0 Å². The number of carboxylic acid groups (broad SMARTS) is 1. The van der Waals surface area contributed by atoms with Crippen molar-refractivity contribution >= 4 is 35.1 Å². The molecule has 1 atom stereocenters. The maximum Gasteiger partial charge on any atom is 1.00 e. The summed E-state index contributed by atoms with van der Waals surface area (Å²) < 4.78 is 22.6. The van der Waals surface area contributed by atoms with E-state index in [1.54, 1.807) is 25.3 Å². The summed E-state index contributed by atoms with van der Waals surface area (Å²) in [7, 11) is 1.65. The van der Waals surface area contributed by atoms with Crippen LogP contribution in [0.5, 0.6) is 17.2 Å². The molecule has 0 spiro atoms. The number of hydrogen-bond acceptors (Lipinski definition) is 8. The topological polar surface area (TPSA) is 123 Å². The first-order valence-electron chi connectivity index (χ1n) is 16.2. The Hall–Kier alpha value is -2.50. The molecule has 1 unspecified atom stereocenters. The molecule has 4 rings (SSSR count). The van der Waals surface area contributed by atoms with Gasteiger partial charge >= 0.3 is 29.6 Å². The Morgan fingerprint density at radius 1 is 0.939 bits per heavy atom. The minimum absolute atomic E-state index is 0. The summed E-state index contributed by atoms with van der Waals surface area (Å²) in [4.78, 5) is 27.5. The number of carbonyl (C=O) groups excluding carboxylic acids is 2. The number of ether oxygens (including phenoxy) is 4. The summed E-state index contributed by atoms with van der Waals surface area (Å²) in [6.07, 6.45) is 3.84. The number of aryl methyl sites for hydroxylation is 2. The molecule has 260 valence electrons. The quantitative estimate of drug-likeness (QED) is 0.148. The first kappa shape index (κ1) is 40.9. The van der Waals surface area contributed by atoms with Crippen molar-refractivity contribution in [2.75, 3.05) is 33.5 Å². The predicted molar refractivity (Wildman–Crippen MR) is 185 cm³/mol. The molecule has 1 saturated carbocycles. The van der Waals surface area contributed by atoms with Crippen LogP contribution in [0.4, 0.5) is 0 Å². The van der Waals surface area contributed by atoms with Crippen molar-refractivity contribution in [3.63, 3.8) is 0 Å². The number of amides is 1. The van der Waals surface area contributed by atoms with Crippen LogP contribution in [0, 0.1) is 12.8 Å². The molecule has 3 aromatic carbocycles. The number of hydrogen-bond donors (Lipinski definition) is 1. The SMILES string of the molecule is COCCCc1cc(CN(C(=O)C(CN)Cc2ccc(OCCOc3c(Cl)cc(C)cc3Cl)cc2)C2CC2)cc(OC(C)(C)C(=O)[O-])c1.[Na+]. The molecule has 1 aliphatic carbocycles. The number of nitrogens with two attached hydrogens (primary N) is 1. The molecule has 1 fully saturated rings. The fourth-order valence-electron chi connectivity index (χ4n) is 5.39. The summed E-state index contributed by atoms with van der Waals surface area (Å²) in [6, 6.07) is 17.0. The van der Waals surface area contributed by atoms with Crippen LogP contribution in [0.3, 0.4) is 0 Å². The van der Waals surface area contributed by atoms with E-state index in [1.807, 2.05) is 48.2 Å². The summed E-state index contributed by atoms with van der Waals surface area (Å²) in [5.41, 5.74) is 8.42. The second-order valence-corrected chi connectivity index (χ2v) is 13.5. The van der Waals surface area contributed by atoms with Crippen LogP contribution in [0.1, 0.15) is 55.4 Å². The molecular weight excluding hydrogens is 678 g/mol. The van der Waals surface area contributed by atoms with E-state index in [-0.39, 0.29) is 54.7 Å². The molecule has 0 saturated heterocycles. The van der Waals surface area contributed by atoms with Crippen molar-refractivity contribution in [3.05, 3.63) is 86.9 Å². The van der Waals surface area contributed by atoms with Crippen molar-refractivity contribution in [2.45, 2.75) is 71.1 Å². The zero-order chi connectivity index (χ0) is 34.8. The van der Waals surface area contributed by atoms with Gasteiger partial charge in [0.1, 0.15) is 30.3 Å². The number of halogens is 2. The van der Waals surface area contributed by atoms with E-state index in [2.05, 4.69) is 0 Å². The molecule has 3 aromatic rings. The zero-order valence-electron chi connectivity index (χ0n) is 29.1. The second-order valence-electron chi connectivity index (χ2n) is 12.7. The Balaban J connectivity index is 0.00000650. The maximum absolute atomic E-state index is 13.9. The molecule has 2 N–H and O–H groups in total.